The number of benzene rings is 1. The number of hydrogen-bond donors (Lipinski definition) is 5. The van der Waals surface area contributed by atoms with Crippen LogP contribution in [0.2, 0.25) is 5.02 Å². The Bertz CT molecular complexity index is 1210. The molecule has 0 saturated heterocycles. The Balaban J connectivity index is 1.48. The molecule has 3 aromatic rings. The Morgan fingerprint density at radius 2 is 2.18 bits per heavy atom. The lowest BCUT2D eigenvalue weighted by atomic mass is 10.1. The Hall–Kier alpha value is -2.58. The van der Waals surface area contributed by atoms with Gasteiger partial charge in [-0.25, -0.2) is 4.98 Å². The largest absolute Gasteiger partial charge is 0.492 e. The average Bonchev–Trinajstić information content (AvgIpc) is 3.46. The second-order valence-electron chi connectivity index (χ2n) is 7.30. The van der Waals surface area contributed by atoms with Gasteiger partial charge in [-0.1, -0.05) is 22.9 Å². The summed E-state index contributed by atoms with van der Waals surface area (Å²) in [6.07, 6.45) is 3.62. The van der Waals surface area contributed by atoms with Gasteiger partial charge in [0.15, 0.2) is 16.6 Å². The fourth-order valence-electron chi connectivity index (χ4n) is 2.97. The normalized spacial score (nSPS) is 13.6. The van der Waals surface area contributed by atoms with Gasteiger partial charge in [-0.3, -0.25) is 14.7 Å². The molecule has 1 saturated carbocycles. The third kappa shape index (κ3) is 6.06. The highest BCUT2D eigenvalue weighted by atomic mass is 127. The van der Waals surface area contributed by atoms with Crippen molar-refractivity contribution in [3.63, 3.8) is 0 Å². The van der Waals surface area contributed by atoms with Crippen LogP contribution < -0.4 is 24.2 Å². The van der Waals surface area contributed by atoms with Gasteiger partial charge in [-0.15, -0.1) is 0 Å². The first-order chi connectivity index (χ1) is 15.9. The molecule has 33 heavy (non-hydrogen) atoms. The van der Waals surface area contributed by atoms with Crippen LogP contribution in [-0.2, 0) is 9.59 Å². The van der Waals surface area contributed by atoms with E-state index in [1.54, 1.807) is 18.3 Å². The van der Waals surface area contributed by atoms with Gasteiger partial charge in [0, 0.05) is 24.6 Å². The van der Waals surface area contributed by atoms with Crippen molar-refractivity contribution in [3.8, 4) is 5.75 Å². The van der Waals surface area contributed by atoms with Crippen LogP contribution in [0.25, 0.3) is 16.0 Å². The number of hydrogen-bond acceptors (Lipinski definition) is 8. The number of fused-ring (bicyclic) bond motifs is 1. The fraction of sp³-hybridized carbons (Fsp3) is 0.300. The van der Waals surface area contributed by atoms with Crippen LogP contribution in [0.5, 0.6) is 5.75 Å². The molecule has 2 heterocycles. The first-order valence-electron chi connectivity index (χ1n) is 10.1. The highest BCUT2D eigenvalue weighted by Crippen LogP contribution is 2.35. The van der Waals surface area contributed by atoms with Crippen molar-refractivity contribution < 1.29 is 14.3 Å². The van der Waals surface area contributed by atoms with E-state index in [0.717, 1.165) is 23.1 Å². The maximum Gasteiger partial charge on any atom is 0.229 e. The molecule has 1 aromatic carbocycles. The summed E-state index contributed by atoms with van der Waals surface area (Å²) in [4.78, 5) is 27.4. The summed E-state index contributed by atoms with van der Waals surface area (Å²) >= 11 is 9.89. The van der Waals surface area contributed by atoms with Gasteiger partial charge in [-0.2, -0.15) is 5.10 Å². The number of aromatic amines is 1. The average molecular weight is 602 g/mol. The molecule has 2 aromatic heterocycles. The minimum atomic E-state index is -0.107. The van der Waals surface area contributed by atoms with Crippen LogP contribution >= 0.6 is 45.8 Å². The van der Waals surface area contributed by atoms with Crippen LogP contribution in [0.1, 0.15) is 25.3 Å². The number of nitrogens with zero attached hydrogens (tertiary/aromatic N) is 2. The molecule has 1 aliphatic carbocycles. The highest BCUT2D eigenvalue weighted by molar-refractivity contribution is 14.1. The number of carbonyl (C=O) groups excluding carboxylic acids is 2. The molecular weight excluding hydrogens is 581 g/mol. The predicted molar refractivity (Wildman–Crippen MR) is 138 cm³/mol. The van der Waals surface area contributed by atoms with Crippen molar-refractivity contribution in [1.82, 2.24) is 24.0 Å². The third-order valence-electron chi connectivity index (χ3n) is 4.72. The molecule has 2 amide bonds. The molecule has 1 fully saturated rings. The van der Waals surface area contributed by atoms with Gasteiger partial charge in [0.1, 0.15) is 17.1 Å². The summed E-state index contributed by atoms with van der Waals surface area (Å²) in [5.74, 6) is 1.17. The monoisotopic (exact) mass is 601 g/mol. The molecule has 174 valence electrons. The van der Waals surface area contributed by atoms with E-state index >= 15 is 0 Å². The summed E-state index contributed by atoms with van der Waals surface area (Å²) < 4.78 is 9.40. The molecule has 0 bridgehead atoms. The predicted octanol–water partition coefficient (Wildman–Crippen LogP) is 3.89. The molecule has 0 radical (unpaired) electrons. The number of nitrogens with one attached hydrogen (secondary N) is 5. The van der Waals surface area contributed by atoms with Gasteiger partial charge >= 0.3 is 0 Å². The van der Waals surface area contributed by atoms with Crippen molar-refractivity contribution in [2.24, 2.45) is 5.92 Å². The van der Waals surface area contributed by atoms with Gasteiger partial charge < -0.3 is 24.2 Å². The van der Waals surface area contributed by atoms with Crippen molar-refractivity contribution in [3.05, 3.63) is 35.0 Å². The van der Waals surface area contributed by atoms with E-state index in [-0.39, 0.29) is 17.7 Å². The number of thiazole rings is 1. The zero-order valence-electron chi connectivity index (χ0n) is 17.5. The summed E-state index contributed by atoms with van der Waals surface area (Å²) in [7, 11) is 0. The van der Waals surface area contributed by atoms with Crippen molar-refractivity contribution in [1.29, 1.82) is 0 Å². The number of ether oxygens (including phenoxy) is 1. The van der Waals surface area contributed by atoms with Crippen molar-refractivity contribution in [2.75, 3.05) is 23.8 Å². The number of H-pyrrole nitrogens is 1. The Morgan fingerprint density at radius 3 is 2.88 bits per heavy atom. The maximum absolute atomic E-state index is 12.0. The fourth-order valence-corrected chi connectivity index (χ4v) is 4.42. The molecule has 4 rings (SSSR count). The Labute approximate surface area is 212 Å². The van der Waals surface area contributed by atoms with Crippen molar-refractivity contribution >= 4 is 84.6 Å². The lowest BCUT2D eigenvalue weighted by molar-refractivity contribution is -0.119. The molecular formula is C20H21ClIN7O3S. The first-order valence-corrected chi connectivity index (χ1v) is 12.4. The van der Waals surface area contributed by atoms with Gasteiger partial charge in [0.2, 0.25) is 11.8 Å². The van der Waals surface area contributed by atoms with E-state index in [1.807, 2.05) is 28.9 Å². The molecule has 0 aliphatic heterocycles. The molecule has 10 nitrogen and oxygen atoms in total. The molecule has 13 heteroatoms. The van der Waals surface area contributed by atoms with E-state index in [9.17, 15) is 9.59 Å². The molecule has 1 aliphatic rings. The number of rotatable bonds is 10. The minimum absolute atomic E-state index is 0.00901. The number of aromatic nitrogens is 3. The Kier molecular flexibility index (Phi) is 7.55. The molecule has 0 unspecified atom stereocenters. The first kappa shape index (κ1) is 23.6. The van der Waals surface area contributed by atoms with E-state index < -0.39 is 0 Å². The van der Waals surface area contributed by atoms with Gasteiger partial charge in [-0.05, 0) is 31.0 Å². The SMILES string of the molecule is CC(=O)NCCOc1ccc(/C(=C/NI)Nc2n[nH]c3nc(NC(=O)C4CC4)sc23)c(Cl)c1. The number of amides is 2. The van der Waals surface area contributed by atoms with Crippen LogP contribution in [-0.4, -0.2) is 40.1 Å². The van der Waals surface area contributed by atoms with E-state index in [0.29, 0.717) is 46.2 Å². The smallest absolute Gasteiger partial charge is 0.229 e. The van der Waals surface area contributed by atoms with Crippen LogP contribution in [0.4, 0.5) is 10.9 Å². The summed E-state index contributed by atoms with van der Waals surface area (Å²) in [6, 6.07) is 5.35. The second-order valence-corrected chi connectivity index (χ2v) is 9.33. The van der Waals surface area contributed by atoms with E-state index in [1.165, 1.54) is 18.3 Å². The molecule has 0 spiro atoms. The summed E-state index contributed by atoms with van der Waals surface area (Å²) in [5.41, 5.74) is 2.01. The quantitative estimate of drug-likeness (QED) is 0.135. The summed E-state index contributed by atoms with van der Waals surface area (Å²) in [5, 5.41) is 17.0. The highest BCUT2D eigenvalue weighted by Gasteiger charge is 2.30. The van der Waals surface area contributed by atoms with Crippen LogP contribution in [0, 0.1) is 5.92 Å². The zero-order valence-corrected chi connectivity index (χ0v) is 21.2. The summed E-state index contributed by atoms with van der Waals surface area (Å²) in [6.45, 7) is 2.20. The topological polar surface area (TPSA) is 133 Å². The maximum atomic E-state index is 12.0. The van der Waals surface area contributed by atoms with E-state index in [2.05, 4.69) is 34.7 Å². The lowest BCUT2D eigenvalue weighted by Crippen LogP contribution is -2.25. The second kappa shape index (κ2) is 10.6. The lowest BCUT2D eigenvalue weighted by Gasteiger charge is -2.13. The number of carbonyl (C=O) groups is 2. The zero-order chi connectivity index (χ0) is 23.4. The van der Waals surface area contributed by atoms with Crippen molar-refractivity contribution in [2.45, 2.75) is 19.8 Å². The minimum Gasteiger partial charge on any atom is -0.492 e. The van der Waals surface area contributed by atoms with E-state index in [4.69, 9.17) is 16.3 Å². The standard InChI is InChI=1S/C20H21ClIN7O3S/c1-10(30)23-6-7-32-12-4-5-13(14(21)8-12)15(9-24-22)25-17-16-18(29-28-17)26-20(33-16)27-19(31)11-2-3-11/h4-5,8-9,11,24H,2-3,6-7H2,1H3,(H,23,30)(H3,25,26,27,28,29,31)/b15-9-. The number of anilines is 2. The molecule has 5 N–H and O–H groups in total. The van der Waals surface area contributed by atoms with Gasteiger partial charge in [0.05, 0.1) is 40.1 Å². The molecule has 0 atom stereocenters. The van der Waals surface area contributed by atoms with Gasteiger partial charge in [0.25, 0.3) is 0 Å². The third-order valence-corrected chi connectivity index (χ3v) is 6.32. The van der Waals surface area contributed by atoms with Crippen LogP contribution in [0.3, 0.4) is 0 Å². The Morgan fingerprint density at radius 1 is 1.36 bits per heavy atom. The number of halogens is 2. The van der Waals surface area contributed by atoms with Crippen LogP contribution in [0.15, 0.2) is 24.4 Å².